The summed E-state index contributed by atoms with van der Waals surface area (Å²) >= 11 is 3.43. The summed E-state index contributed by atoms with van der Waals surface area (Å²) in [6.07, 6.45) is 3.46. The van der Waals surface area contributed by atoms with Crippen molar-refractivity contribution in [2.24, 2.45) is 0 Å². The largest absolute Gasteiger partial charge is 0.623 e. The van der Waals surface area contributed by atoms with E-state index in [1.807, 2.05) is 22.8 Å². The summed E-state index contributed by atoms with van der Waals surface area (Å²) in [6, 6.07) is 11.9. The number of benzene rings is 2. The zero-order valence-electron chi connectivity index (χ0n) is 11.9. The van der Waals surface area contributed by atoms with E-state index in [-0.39, 0.29) is 12.1 Å². The number of aromatic nitrogens is 2. The maximum absolute atomic E-state index is 14.3. The number of halogens is 2. The van der Waals surface area contributed by atoms with Gasteiger partial charge in [-0.05, 0) is 30.3 Å². The van der Waals surface area contributed by atoms with E-state index in [4.69, 9.17) is 0 Å². The molecular weight excluding hydrogens is 361 g/mol. The molecule has 0 unspecified atom stereocenters. The van der Waals surface area contributed by atoms with Gasteiger partial charge in [0.15, 0.2) is 5.82 Å². The van der Waals surface area contributed by atoms with Crippen molar-refractivity contribution < 1.29 is 9.13 Å². The minimum absolute atomic E-state index is 0.0585. The SMILES string of the molecule is [O-][N+]1=C(c2ccccc2F)c2cc(Br)ccc2-n2ccnc2C1. The molecule has 0 saturated carbocycles. The van der Waals surface area contributed by atoms with Crippen LogP contribution in [0, 0.1) is 11.0 Å². The fraction of sp³-hybridized carbons (Fsp3) is 0.0588. The van der Waals surface area contributed by atoms with E-state index in [0.29, 0.717) is 17.1 Å². The highest BCUT2D eigenvalue weighted by atomic mass is 79.9. The molecule has 23 heavy (non-hydrogen) atoms. The molecule has 2 heterocycles. The van der Waals surface area contributed by atoms with Crippen molar-refractivity contribution >= 4 is 21.6 Å². The first-order chi connectivity index (χ1) is 11.1. The smallest absolute Gasteiger partial charge is 0.231 e. The molecule has 4 nitrogen and oxygen atoms in total. The predicted molar refractivity (Wildman–Crippen MR) is 88.2 cm³/mol. The second kappa shape index (κ2) is 5.31. The Bertz CT molecular complexity index is 949. The summed E-state index contributed by atoms with van der Waals surface area (Å²) < 4.78 is 17.8. The fourth-order valence-corrected chi connectivity index (χ4v) is 3.21. The minimum Gasteiger partial charge on any atom is -0.623 e. The third-order valence-electron chi connectivity index (χ3n) is 3.85. The summed E-state index contributed by atoms with van der Waals surface area (Å²) in [7, 11) is 0. The van der Waals surface area contributed by atoms with Crippen molar-refractivity contribution in [3.05, 3.63) is 87.3 Å². The first kappa shape index (κ1) is 14.1. The number of hydroxylamine groups is 1. The third-order valence-corrected chi connectivity index (χ3v) is 4.35. The normalized spacial score (nSPS) is 13.5. The Balaban J connectivity index is 2.07. The molecule has 1 aromatic heterocycles. The van der Waals surface area contributed by atoms with Crippen molar-refractivity contribution in [1.82, 2.24) is 9.55 Å². The number of imidazole rings is 1. The lowest BCUT2D eigenvalue weighted by molar-refractivity contribution is -0.475. The van der Waals surface area contributed by atoms with Gasteiger partial charge >= 0.3 is 0 Å². The van der Waals surface area contributed by atoms with E-state index in [9.17, 15) is 9.60 Å². The van der Waals surface area contributed by atoms with Gasteiger partial charge in [0.2, 0.25) is 12.3 Å². The molecule has 0 bridgehead atoms. The molecule has 0 aliphatic carbocycles. The molecule has 1 aliphatic heterocycles. The van der Waals surface area contributed by atoms with Gasteiger partial charge in [-0.3, -0.25) is 4.57 Å². The van der Waals surface area contributed by atoms with Crippen LogP contribution in [0.15, 0.2) is 59.3 Å². The Morgan fingerprint density at radius 1 is 1.17 bits per heavy atom. The average Bonchev–Trinajstić information content (AvgIpc) is 2.94. The highest BCUT2D eigenvalue weighted by molar-refractivity contribution is 9.10. The van der Waals surface area contributed by atoms with Crippen LogP contribution in [0.5, 0.6) is 0 Å². The molecular formula is C17H11BrFN3O. The van der Waals surface area contributed by atoms with E-state index in [1.54, 1.807) is 30.6 Å². The molecule has 4 rings (SSSR count). The van der Waals surface area contributed by atoms with Gasteiger partial charge in [-0.25, -0.2) is 9.37 Å². The number of fused-ring (bicyclic) bond motifs is 3. The number of hydrogen-bond donors (Lipinski definition) is 0. The standard InChI is InChI=1S/C17H11BrFN3O/c18-11-5-6-15-13(9-11)17(12-3-1-2-4-14(12)19)22(23)10-16-20-7-8-21(15)16/h1-9H,10H2. The first-order valence-electron chi connectivity index (χ1n) is 7.04. The van der Waals surface area contributed by atoms with Crippen LogP contribution in [0.1, 0.15) is 17.0 Å². The fourth-order valence-electron chi connectivity index (χ4n) is 2.85. The second-order valence-corrected chi connectivity index (χ2v) is 6.16. The van der Waals surface area contributed by atoms with Crippen LogP contribution in [0.25, 0.3) is 5.69 Å². The van der Waals surface area contributed by atoms with Gasteiger partial charge in [0.05, 0.1) is 16.8 Å². The van der Waals surface area contributed by atoms with Gasteiger partial charge in [0.25, 0.3) is 0 Å². The van der Waals surface area contributed by atoms with Crippen LogP contribution in [0.3, 0.4) is 0 Å². The summed E-state index contributed by atoms with van der Waals surface area (Å²) in [6.45, 7) is 0.0585. The van der Waals surface area contributed by atoms with Crippen molar-refractivity contribution in [3.63, 3.8) is 0 Å². The average molecular weight is 372 g/mol. The molecule has 114 valence electrons. The van der Waals surface area contributed by atoms with E-state index in [1.165, 1.54) is 6.07 Å². The number of rotatable bonds is 1. The van der Waals surface area contributed by atoms with Gasteiger partial charge in [-0.15, -0.1) is 0 Å². The molecule has 0 amide bonds. The highest BCUT2D eigenvalue weighted by Gasteiger charge is 2.28. The van der Waals surface area contributed by atoms with Gasteiger partial charge in [-0.2, -0.15) is 4.74 Å². The molecule has 2 aromatic carbocycles. The molecule has 1 aliphatic rings. The monoisotopic (exact) mass is 371 g/mol. The van der Waals surface area contributed by atoms with Crippen LogP contribution in [-0.4, -0.2) is 20.0 Å². The van der Waals surface area contributed by atoms with Gasteiger partial charge in [0.1, 0.15) is 5.82 Å². The van der Waals surface area contributed by atoms with Crippen LogP contribution in [0.4, 0.5) is 4.39 Å². The molecule has 0 spiro atoms. The Hall–Kier alpha value is -2.47. The Morgan fingerprint density at radius 3 is 2.83 bits per heavy atom. The zero-order valence-corrected chi connectivity index (χ0v) is 13.5. The minimum atomic E-state index is -0.422. The Labute approximate surface area is 140 Å². The summed E-state index contributed by atoms with van der Waals surface area (Å²) in [5.41, 5.74) is 2.06. The van der Waals surface area contributed by atoms with E-state index in [0.717, 1.165) is 14.9 Å². The summed E-state index contributed by atoms with van der Waals surface area (Å²) in [5, 5.41) is 12.7. The molecule has 3 aromatic rings. The second-order valence-electron chi connectivity index (χ2n) is 5.24. The van der Waals surface area contributed by atoms with Crippen LogP contribution in [-0.2, 0) is 6.54 Å². The van der Waals surface area contributed by atoms with E-state index >= 15 is 0 Å². The molecule has 0 atom stereocenters. The number of nitrogens with zero attached hydrogens (tertiary/aromatic N) is 3. The van der Waals surface area contributed by atoms with Crippen LogP contribution in [0.2, 0.25) is 0 Å². The van der Waals surface area contributed by atoms with Gasteiger partial charge < -0.3 is 5.21 Å². The van der Waals surface area contributed by atoms with Gasteiger partial charge in [-0.1, -0.05) is 28.1 Å². The lowest BCUT2D eigenvalue weighted by atomic mass is 10.00. The van der Waals surface area contributed by atoms with Crippen molar-refractivity contribution in [1.29, 1.82) is 0 Å². The molecule has 0 N–H and O–H groups in total. The van der Waals surface area contributed by atoms with E-state index < -0.39 is 5.82 Å². The summed E-state index contributed by atoms with van der Waals surface area (Å²) in [5.74, 6) is 0.198. The molecule has 0 fully saturated rings. The highest BCUT2D eigenvalue weighted by Crippen LogP contribution is 2.27. The maximum Gasteiger partial charge on any atom is 0.231 e. The molecule has 0 saturated heterocycles. The van der Waals surface area contributed by atoms with Crippen molar-refractivity contribution in [2.45, 2.75) is 6.54 Å². The maximum atomic E-state index is 14.3. The lowest BCUT2D eigenvalue weighted by Gasteiger charge is -2.11. The van der Waals surface area contributed by atoms with E-state index in [2.05, 4.69) is 20.9 Å². The topological polar surface area (TPSA) is 43.9 Å². The Morgan fingerprint density at radius 2 is 2.00 bits per heavy atom. The van der Waals surface area contributed by atoms with Gasteiger partial charge in [0, 0.05) is 16.9 Å². The van der Waals surface area contributed by atoms with Crippen molar-refractivity contribution in [3.8, 4) is 5.69 Å². The van der Waals surface area contributed by atoms with Crippen LogP contribution < -0.4 is 0 Å². The lowest BCUT2D eigenvalue weighted by Crippen LogP contribution is -2.19. The Kier molecular flexibility index (Phi) is 3.27. The number of hydrogen-bond acceptors (Lipinski definition) is 2. The molecule has 6 heteroatoms. The summed E-state index contributed by atoms with van der Waals surface area (Å²) in [4.78, 5) is 4.24. The first-order valence-corrected chi connectivity index (χ1v) is 7.83. The zero-order chi connectivity index (χ0) is 16.0. The van der Waals surface area contributed by atoms with Crippen LogP contribution >= 0.6 is 15.9 Å². The third kappa shape index (κ3) is 2.26. The predicted octanol–water partition coefficient (Wildman–Crippen LogP) is 3.64. The van der Waals surface area contributed by atoms with Crippen molar-refractivity contribution in [2.75, 3.05) is 0 Å². The molecule has 0 radical (unpaired) electrons. The quantitative estimate of drug-likeness (QED) is 0.484.